The van der Waals surface area contributed by atoms with Crippen LogP contribution in [-0.4, -0.2) is 22.2 Å². The van der Waals surface area contributed by atoms with Crippen LogP contribution in [0.25, 0.3) is 11.0 Å². The number of halogens is 5. The van der Waals surface area contributed by atoms with Gasteiger partial charge >= 0.3 is 12.2 Å². The van der Waals surface area contributed by atoms with E-state index in [0.717, 1.165) is 31.5 Å². The second-order valence-electron chi connectivity index (χ2n) is 5.73. The highest BCUT2D eigenvalue weighted by Crippen LogP contribution is 2.39. The molecule has 3 rings (SSSR count). The molecular weight excluding hydrogens is 389 g/mol. The maximum Gasteiger partial charge on any atom is 0.416 e. The molecule has 2 aromatic heterocycles. The fourth-order valence-electron chi connectivity index (χ4n) is 2.56. The number of carbonyl (C=O) groups is 1. The zero-order valence-electron chi connectivity index (χ0n) is 14.1. The minimum absolute atomic E-state index is 0.0222. The van der Waals surface area contributed by atoms with Crippen LogP contribution in [-0.2, 0) is 0 Å². The van der Waals surface area contributed by atoms with E-state index in [4.69, 9.17) is 10.2 Å². The Bertz CT molecular complexity index is 1030. The van der Waals surface area contributed by atoms with Gasteiger partial charge in [0.2, 0.25) is 5.95 Å². The van der Waals surface area contributed by atoms with Gasteiger partial charge in [0.05, 0.1) is 23.5 Å². The number of nitrogens with two attached hydrogens (primary N) is 1. The lowest BCUT2D eigenvalue weighted by molar-refractivity contribution is -0.158. The molecule has 0 fully saturated rings. The summed E-state index contributed by atoms with van der Waals surface area (Å²) in [5.74, 6) is -2.92. The number of nitrogens with one attached hydrogen (secondary N) is 2. The van der Waals surface area contributed by atoms with Gasteiger partial charge in [-0.05, 0) is 19.1 Å². The number of furan rings is 1. The molecule has 3 aromatic rings. The third kappa shape index (κ3) is 3.66. The number of nitrogens with zero attached hydrogens (tertiary/aromatic N) is 2. The van der Waals surface area contributed by atoms with Crippen LogP contribution in [0.5, 0.6) is 0 Å². The number of carbonyl (C=O) groups excluding carboxylic acids is 1. The number of anilines is 2. The number of aromatic nitrogens is 2. The quantitative estimate of drug-likeness (QED) is 0.579. The Morgan fingerprint density at radius 2 is 1.79 bits per heavy atom. The van der Waals surface area contributed by atoms with Gasteiger partial charge in [-0.25, -0.2) is 23.5 Å². The summed E-state index contributed by atoms with van der Waals surface area (Å²) < 4.78 is 73.3. The third-order valence-corrected chi connectivity index (χ3v) is 3.81. The van der Waals surface area contributed by atoms with Crippen LogP contribution in [0.4, 0.5) is 38.4 Å². The molecular formula is C16H12F5N5O2. The number of fused-ring (bicyclic) bond motifs is 1. The molecule has 7 nitrogen and oxygen atoms in total. The van der Waals surface area contributed by atoms with Crippen molar-refractivity contribution in [2.75, 3.05) is 11.1 Å². The second kappa shape index (κ2) is 6.94. The molecule has 2 heterocycles. The zero-order chi connectivity index (χ0) is 20.6. The summed E-state index contributed by atoms with van der Waals surface area (Å²) in [4.78, 5) is 19.2. The van der Waals surface area contributed by atoms with E-state index in [0.29, 0.717) is 0 Å². The standard InChI is InChI=1S/C16H12F5N5O2/c1-6-10-8(17)2-3-9(18)12(10)28-11(6)13(16(19,20)21)26-15(27)25-7-4-23-14(22)24-5-7/h2-5,13H,1H3,(H2,22,23,24)(H2,25,26,27). The van der Waals surface area contributed by atoms with Crippen LogP contribution in [0.2, 0.25) is 0 Å². The molecule has 1 atom stereocenters. The van der Waals surface area contributed by atoms with Gasteiger partial charge in [-0.3, -0.25) is 0 Å². The van der Waals surface area contributed by atoms with E-state index in [1.54, 1.807) is 5.32 Å². The summed E-state index contributed by atoms with van der Waals surface area (Å²) in [5.41, 5.74) is 4.30. The summed E-state index contributed by atoms with van der Waals surface area (Å²) in [6, 6.07) is -2.42. The van der Waals surface area contributed by atoms with E-state index in [-0.39, 0.29) is 17.2 Å². The first-order valence-corrected chi connectivity index (χ1v) is 7.66. The van der Waals surface area contributed by atoms with E-state index >= 15 is 0 Å². The van der Waals surface area contributed by atoms with Gasteiger partial charge < -0.3 is 20.8 Å². The van der Waals surface area contributed by atoms with Crippen molar-refractivity contribution in [3.63, 3.8) is 0 Å². The number of hydrogen-bond donors (Lipinski definition) is 3. The summed E-state index contributed by atoms with van der Waals surface area (Å²) in [5, 5.41) is 3.34. The summed E-state index contributed by atoms with van der Waals surface area (Å²) in [7, 11) is 0. The number of aryl methyl sites for hydroxylation is 1. The average molecular weight is 401 g/mol. The lowest BCUT2D eigenvalue weighted by atomic mass is 10.1. The predicted octanol–water partition coefficient (Wildman–Crippen LogP) is 3.82. The van der Waals surface area contributed by atoms with Crippen molar-refractivity contribution >= 4 is 28.6 Å². The molecule has 0 spiro atoms. The molecule has 2 amide bonds. The maximum absolute atomic E-state index is 14.0. The predicted molar refractivity (Wildman–Crippen MR) is 88.3 cm³/mol. The van der Waals surface area contributed by atoms with Crippen molar-refractivity contribution in [3.05, 3.63) is 47.5 Å². The molecule has 28 heavy (non-hydrogen) atoms. The highest BCUT2D eigenvalue weighted by Gasteiger charge is 2.45. The SMILES string of the molecule is Cc1c(C(NC(=O)Nc2cnc(N)nc2)C(F)(F)F)oc2c(F)ccc(F)c12. The first kappa shape index (κ1) is 19.3. The van der Waals surface area contributed by atoms with Gasteiger partial charge in [-0.1, -0.05) is 0 Å². The molecule has 0 bridgehead atoms. The lowest BCUT2D eigenvalue weighted by Gasteiger charge is -2.20. The Kier molecular flexibility index (Phi) is 4.79. The average Bonchev–Trinajstić information content (AvgIpc) is 2.95. The van der Waals surface area contributed by atoms with Crippen LogP contribution in [0.1, 0.15) is 17.4 Å². The van der Waals surface area contributed by atoms with Gasteiger partial charge in [0.25, 0.3) is 0 Å². The van der Waals surface area contributed by atoms with Crippen molar-refractivity contribution in [1.29, 1.82) is 0 Å². The van der Waals surface area contributed by atoms with Crippen LogP contribution in [0.15, 0.2) is 28.9 Å². The number of nitrogen functional groups attached to an aromatic ring is 1. The highest BCUT2D eigenvalue weighted by molar-refractivity contribution is 5.89. The van der Waals surface area contributed by atoms with Crippen LogP contribution < -0.4 is 16.4 Å². The van der Waals surface area contributed by atoms with Gasteiger partial charge in [-0.15, -0.1) is 0 Å². The van der Waals surface area contributed by atoms with Crippen LogP contribution >= 0.6 is 0 Å². The minimum Gasteiger partial charge on any atom is -0.455 e. The van der Waals surface area contributed by atoms with Crippen LogP contribution in [0.3, 0.4) is 0 Å². The number of benzene rings is 1. The van der Waals surface area contributed by atoms with Crippen LogP contribution in [0, 0.1) is 18.6 Å². The topological polar surface area (TPSA) is 106 Å². The molecule has 0 saturated heterocycles. The van der Waals surface area contributed by atoms with E-state index < -0.39 is 46.6 Å². The number of urea groups is 1. The zero-order valence-corrected chi connectivity index (χ0v) is 14.1. The van der Waals surface area contributed by atoms with Crippen molar-refractivity contribution in [1.82, 2.24) is 15.3 Å². The van der Waals surface area contributed by atoms with Crippen molar-refractivity contribution in [2.24, 2.45) is 0 Å². The fraction of sp³-hybridized carbons (Fsp3) is 0.188. The Morgan fingerprint density at radius 3 is 2.36 bits per heavy atom. The Hall–Kier alpha value is -3.44. The number of amides is 2. The molecule has 0 aliphatic heterocycles. The molecule has 0 aliphatic carbocycles. The molecule has 1 unspecified atom stereocenters. The van der Waals surface area contributed by atoms with Crippen molar-refractivity contribution in [3.8, 4) is 0 Å². The minimum atomic E-state index is -5.01. The van der Waals surface area contributed by atoms with Gasteiger partial charge in [-0.2, -0.15) is 13.2 Å². The maximum atomic E-state index is 14.0. The Morgan fingerprint density at radius 1 is 1.18 bits per heavy atom. The number of alkyl halides is 3. The molecule has 0 aliphatic rings. The van der Waals surface area contributed by atoms with E-state index in [1.165, 1.54) is 0 Å². The van der Waals surface area contributed by atoms with Crippen molar-refractivity contribution < 1.29 is 31.2 Å². The van der Waals surface area contributed by atoms with Gasteiger partial charge in [0.1, 0.15) is 11.6 Å². The molecule has 4 N–H and O–H groups in total. The molecule has 148 valence electrons. The lowest BCUT2D eigenvalue weighted by Crippen LogP contribution is -2.40. The Labute approximate surface area is 153 Å². The largest absolute Gasteiger partial charge is 0.455 e. The summed E-state index contributed by atoms with van der Waals surface area (Å²) in [6.45, 7) is 1.13. The number of hydrogen-bond acceptors (Lipinski definition) is 5. The fourth-order valence-corrected chi connectivity index (χ4v) is 2.56. The first-order valence-electron chi connectivity index (χ1n) is 7.66. The molecule has 12 heteroatoms. The summed E-state index contributed by atoms with van der Waals surface area (Å²) >= 11 is 0. The monoisotopic (exact) mass is 401 g/mol. The smallest absolute Gasteiger partial charge is 0.416 e. The normalized spacial score (nSPS) is 12.8. The Balaban J connectivity index is 1.95. The van der Waals surface area contributed by atoms with Crippen molar-refractivity contribution in [2.45, 2.75) is 19.1 Å². The highest BCUT2D eigenvalue weighted by atomic mass is 19.4. The van der Waals surface area contributed by atoms with Gasteiger partial charge in [0, 0.05) is 5.56 Å². The second-order valence-corrected chi connectivity index (χ2v) is 5.73. The molecule has 0 saturated carbocycles. The third-order valence-electron chi connectivity index (χ3n) is 3.81. The molecule has 0 radical (unpaired) electrons. The van der Waals surface area contributed by atoms with E-state index in [2.05, 4.69) is 15.3 Å². The number of rotatable bonds is 3. The van der Waals surface area contributed by atoms with E-state index in [1.807, 2.05) is 0 Å². The van der Waals surface area contributed by atoms with E-state index in [9.17, 15) is 26.7 Å². The first-order chi connectivity index (χ1) is 13.1. The molecule has 1 aromatic carbocycles. The van der Waals surface area contributed by atoms with Gasteiger partial charge in [0.15, 0.2) is 17.4 Å². The summed E-state index contributed by atoms with van der Waals surface area (Å²) in [6.07, 6.45) is -2.84.